The number of aromatic nitrogens is 1. The Kier molecular flexibility index (Phi) is 2.19. The molecule has 0 saturated heterocycles. The van der Waals surface area contributed by atoms with Crippen LogP contribution in [-0.2, 0) is 0 Å². The van der Waals surface area contributed by atoms with Crippen LogP contribution in [0.2, 0.25) is 0 Å². The fourth-order valence-electron chi connectivity index (χ4n) is 1.51. The molecule has 0 radical (unpaired) electrons. The topological polar surface area (TPSA) is 36.1 Å². The Bertz CT molecular complexity index is 516. The van der Waals surface area contributed by atoms with Gasteiger partial charge in [0.1, 0.15) is 5.82 Å². The number of aromatic amines is 1. The Morgan fingerprint density at radius 3 is 2.80 bits per heavy atom. The molecule has 2 rings (SSSR count). The summed E-state index contributed by atoms with van der Waals surface area (Å²) in [4.78, 5) is 16.1. The van der Waals surface area contributed by atoms with Crippen molar-refractivity contribution in [2.75, 3.05) is 14.1 Å². The molecule has 1 N–H and O–H groups in total. The molecule has 2 aromatic rings. The van der Waals surface area contributed by atoms with Crippen molar-refractivity contribution in [3.8, 4) is 0 Å². The van der Waals surface area contributed by atoms with Gasteiger partial charge in [0.25, 0.3) is 5.91 Å². The third kappa shape index (κ3) is 1.58. The van der Waals surface area contributed by atoms with E-state index in [0.717, 1.165) is 5.52 Å². The minimum absolute atomic E-state index is 0.133. The summed E-state index contributed by atoms with van der Waals surface area (Å²) in [7, 11) is 3.33. The summed E-state index contributed by atoms with van der Waals surface area (Å²) in [6.07, 6.45) is 1.60. The van der Waals surface area contributed by atoms with Crippen LogP contribution in [0.5, 0.6) is 0 Å². The van der Waals surface area contributed by atoms with Gasteiger partial charge in [0, 0.05) is 31.2 Å². The predicted octanol–water partition coefficient (Wildman–Crippen LogP) is 2.01. The van der Waals surface area contributed by atoms with E-state index in [-0.39, 0.29) is 11.7 Å². The summed E-state index contributed by atoms with van der Waals surface area (Å²) < 4.78 is 13.0. The summed E-state index contributed by atoms with van der Waals surface area (Å²) >= 11 is 0. The average molecular weight is 206 g/mol. The number of nitrogens with one attached hydrogen (secondary N) is 1. The van der Waals surface area contributed by atoms with E-state index >= 15 is 0 Å². The van der Waals surface area contributed by atoms with Gasteiger partial charge in [-0.15, -0.1) is 0 Å². The molecule has 0 aliphatic carbocycles. The third-order valence-corrected chi connectivity index (χ3v) is 2.28. The van der Waals surface area contributed by atoms with Crippen molar-refractivity contribution >= 4 is 16.8 Å². The Balaban J connectivity index is 2.62. The molecule has 1 aromatic heterocycles. The highest BCUT2D eigenvalue weighted by atomic mass is 19.1. The molecule has 0 aliphatic rings. The van der Waals surface area contributed by atoms with Crippen LogP contribution in [0.15, 0.2) is 24.4 Å². The summed E-state index contributed by atoms with van der Waals surface area (Å²) in [5.74, 6) is -0.471. The standard InChI is InChI=1S/C11H11FN2O/c1-14(2)11(15)9-6-13-10-4-3-7(12)5-8(9)10/h3-6,13H,1-2H3. The van der Waals surface area contributed by atoms with E-state index in [0.29, 0.717) is 10.9 Å². The number of amides is 1. The van der Waals surface area contributed by atoms with Crippen molar-refractivity contribution in [2.24, 2.45) is 0 Å². The monoisotopic (exact) mass is 206 g/mol. The molecule has 1 heterocycles. The lowest BCUT2D eigenvalue weighted by Gasteiger charge is -2.08. The number of carbonyl (C=O) groups excluding carboxylic acids is 1. The van der Waals surface area contributed by atoms with Crippen molar-refractivity contribution in [1.29, 1.82) is 0 Å². The van der Waals surface area contributed by atoms with E-state index in [1.54, 1.807) is 26.4 Å². The number of hydrogen-bond donors (Lipinski definition) is 1. The van der Waals surface area contributed by atoms with E-state index in [9.17, 15) is 9.18 Å². The van der Waals surface area contributed by atoms with E-state index in [1.165, 1.54) is 17.0 Å². The first-order valence-corrected chi connectivity index (χ1v) is 4.58. The second-order valence-corrected chi connectivity index (χ2v) is 3.59. The molecule has 78 valence electrons. The van der Waals surface area contributed by atoms with Crippen molar-refractivity contribution in [1.82, 2.24) is 9.88 Å². The number of fused-ring (bicyclic) bond motifs is 1. The van der Waals surface area contributed by atoms with Gasteiger partial charge in [0.15, 0.2) is 0 Å². The SMILES string of the molecule is CN(C)C(=O)c1c[nH]c2ccc(F)cc12. The van der Waals surface area contributed by atoms with Crippen LogP contribution < -0.4 is 0 Å². The lowest BCUT2D eigenvalue weighted by molar-refractivity contribution is 0.0829. The van der Waals surface area contributed by atoms with E-state index in [4.69, 9.17) is 0 Å². The minimum Gasteiger partial charge on any atom is -0.360 e. The van der Waals surface area contributed by atoms with Gasteiger partial charge in [0.05, 0.1) is 5.56 Å². The van der Waals surface area contributed by atoms with Crippen molar-refractivity contribution in [3.63, 3.8) is 0 Å². The molecular formula is C11H11FN2O. The van der Waals surface area contributed by atoms with Crippen LogP contribution in [0.4, 0.5) is 4.39 Å². The van der Waals surface area contributed by atoms with E-state index in [2.05, 4.69) is 4.98 Å². The molecule has 0 fully saturated rings. The molecule has 4 heteroatoms. The van der Waals surface area contributed by atoms with Gasteiger partial charge in [0.2, 0.25) is 0 Å². The Morgan fingerprint density at radius 2 is 2.13 bits per heavy atom. The molecular weight excluding hydrogens is 195 g/mol. The third-order valence-electron chi connectivity index (χ3n) is 2.28. The Hall–Kier alpha value is -1.84. The molecule has 1 amide bonds. The van der Waals surface area contributed by atoms with Gasteiger partial charge >= 0.3 is 0 Å². The highest BCUT2D eigenvalue weighted by molar-refractivity contribution is 6.06. The van der Waals surface area contributed by atoms with Crippen LogP contribution in [0.25, 0.3) is 10.9 Å². The number of rotatable bonds is 1. The summed E-state index contributed by atoms with van der Waals surface area (Å²) in [6.45, 7) is 0. The fraction of sp³-hybridized carbons (Fsp3) is 0.182. The molecule has 0 unspecified atom stereocenters. The van der Waals surface area contributed by atoms with Crippen LogP contribution >= 0.6 is 0 Å². The lowest BCUT2D eigenvalue weighted by atomic mass is 10.1. The maximum absolute atomic E-state index is 13.0. The summed E-state index contributed by atoms with van der Waals surface area (Å²) in [6, 6.07) is 4.35. The van der Waals surface area contributed by atoms with Crippen molar-refractivity contribution in [2.45, 2.75) is 0 Å². The first kappa shape index (κ1) is 9.71. The number of nitrogens with zero attached hydrogens (tertiary/aromatic N) is 1. The molecule has 3 nitrogen and oxygen atoms in total. The quantitative estimate of drug-likeness (QED) is 0.761. The zero-order chi connectivity index (χ0) is 11.0. The van der Waals surface area contributed by atoms with Crippen LogP contribution in [-0.4, -0.2) is 29.9 Å². The number of halogens is 1. The second-order valence-electron chi connectivity index (χ2n) is 3.59. The van der Waals surface area contributed by atoms with Gasteiger partial charge in [-0.25, -0.2) is 4.39 Å². The van der Waals surface area contributed by atoms with Gasteiger partial charge in [-0.2, -0.15) is 0 Å². The predicted molar refractivity (Wildman–Crippen MR) is 56.3 cm³/mol. The highest BCUT2D eigenvalue weighted by Gasteiger charge is 2.13. The zero-order valence-electron chi connectivity index (χ0n) is 8.54. The maximum atomic E-state index is 13.0. The molecule has 1 aromatic carbocycles. The maximum Gasteiger partial charge on any atom is 0.255 e. The Morgan fingerprint density at radius 1 is 1.40 bits per heavy atom. The zero-order valence-corrected chi connectivity index (χ0v) is 8.54. The molecule has 0 saturated carbocycles. The van der Waals surface area contributed by atoms with Gasteiger partial charge in [-0.1, -0.05) is 0 Å². The molecule has 0 atom stereocenters. The van der Waals surface area contributed by atoms with Crippen LogP contribution in [0, 0.1) is 5.82 Å². The number of H-pyrrole nitrogens is 1. The second kappa shape index (κ2) is 3.38. The lowest BCUT2D eigenvalue weighted by Crippen LogP contribution is -2.21. The van der Waals surface area contributed by atoms with Crippen LogP contribution in [0.1, 0.15) is 10.4 Å². The normalized spacial score (nSPS) is 10.6. The Labute approximate surface area is 86.5 Å². The molecule has 0 aliphatic heterocycles. The first-order valence-electron chi connectivity index (χ1n) is 4.58. The molecule has 15 heavy (non-hydrogen) atoms. The number of hydrogen-bond acceptors (Lipinski definition) is 1. The largest absolute Gasteiger partial charge is 0.360 e. The smallest absolute Gasteiger partial charge is 0.255 e. The van der Waals surface area contributed by atoms with Crippen molar-refractivity contribution in [3.05, 3.63) is 35.8 Å². The van der Waals surface area contributed by atoms with E-state index < -0.39 is 0 Å². The number of benzene rings is 1. The summed E-state index contributed by atoms with van der Waals surface area (Å²) in [5.41, 5.74) is 1.26. The van der Waals surface area contributed by atoms with Crippen molar-refractivity contribution < 1.29 is 9.18 Å². The van der Waals surface area contributed by atoms with Gasteiger partial charge in [-0.3, -0.25) is 4.79 Å². The average Bonchev–Trinajstić information content (AvgIpc) is 2.59. The van der Waals surface area contributed by atoms with E-state index in [1.807, 2.05) is 0 Å². The van der Waals surface area contributed by atoms with Gasteiger partial charge < -0.3 is 9.88 Å². The fourth-order valence-corrected chi connectivity index (χ4v) is 1.51. The summed E-state index contributed by atoms with van der Waals surface area (Å²) in [5, 5.41) is 0.619. The molecule has 0 bridgehead atoms. The first-order chi connectivity index (χ1) is 7.09. The molecule has 0 spiro atoms. The van der Waals surface area contributed by atoms with Crippen LogP contribution in [0.3, 0.4) is 0 Å². The minimum atomic E-state index is -0.338. The van der Waals surface area contributed by atoms with Gasteiger partial charge in [-0.05, 0) is 18.2 Å². The number of carbonyl (C=O) groups is 1. The highest BCUT2D eigenvalue weighted by Crippen LogP contribution is 2.20.